The lowest BCUT2D eigenvalue weighted by atomic mass is 10.0. The Bertz CT molecular complexity index is 1110. The Kier molecular flexibility index (Phi) is 7.46. The zero-order valence-electron chi connectivity index (χ0n) is 17.2. The number of anilines is 1. The Hall–Kier alpha value is -3.57. The number of halogens is 1. The normalized spacial score (nSPS) is 10.7. The molecule has 1 amide bonds. The standard InChI is InChI=1S/C25H22ClNO4/c1-3-31-22-13-9-17(15-23(22)30-2)10-14-24(28)27-21-12-11-19(26)16-20(21)25(29)18-7-5-4-6-8-18/h4-16H,3H2,1-2H3,(H,27,28). The highest BCUT2D eigenvalue weighted by molar-refractivity contribution is 6.31. The first kappa shape index (κ1) is 22.1. The predicted octanol–water partition coefficient (Wildman–Crippen LogP) is 5.63. The van der Waals surface area contributed by atoms with Gasteiger partial charge in [0.25, 0.3) is 0 Å². The van der Waals surface area contributed by atoms with Crippen LogP contribution < -0.4 is 14.8 Å². The number of ether oxygens (including phenoxy) is 2. The minimum Gasteiger partial charge on any atom is -0.493 e. The molecule has 6 heteroatoms. The van der Waals surface area contributed by atoms with Crippen molar-refractivity contribution in [2.75, 3.05) is 19.0 Å². The first-order chi connectivity index (χ1) is 15.0. The maximum atomic E-state index is 12.9. The fraction of sp³-hybridized carbons (Fsp3) is 0.120. The van der Waals surface area contributed by atoms with E-state index in [-0.39, 0.29) is 11.7 Å². The second kappa shape index (κ2) is 10.5. The second-order valence-electron chi connectivity index (χ2n) is 6.55. The van der Waals surface area contributed by atoms with Crippen LogP contribution in [0.2, 0.25) is 5.02 Å². The molecule has 0 atom stereocenters. The van der Waals surface area contributed by atoms with Crippen LogP contribution >= 0.6 is 11.6 Å². The van der Waals surface area contributed by atoms with Gasteiger partial charge in [0.05, 0.1) is 19.4 Å². The molecule has 3 rings (SSSR count). The summed E-state index contributed by atoms with van der Waals surface area (Å²) in [6.07, 6.45) is 3.04. The summed E-state index contributed by atoms with van der Waals surface area (Å²) >= 11 is 6.09. The molecule has 0 aliphatic rings. The number of methoxy groups -OCH3 is 1. The average molecular weight is 436 g/mol. The van der Waals surface area contributed by atoms with Gasteiger partial charge in [0.15, 0.2) is 17.3 Å². The molecule has 0 saturated carbocycles. The Morgan fingerprint density at radius 2 is 1.77 bits per heavy atom. The molecular weight excluding hydrogens is 414 g/mol. The van der Waals surface area contributed by atoms with Crippen LogP contribution in [0.5, 0.6) is 11.5 Å². The number of hydrogen-bond donors (Lipinski definition) is 1. The van der Waals surface area contributed by atoms with Crippen molar-refractivity contribution in [1.29, 1.82) is 0 Å². The van der Waals surface area contributed by atoms with Gasteiger partial charge in [0, 0.05) is 22.2 Å². The van der Waals surface area contributed by atoms with E-state index >= 15 is 0 Å². The van der Waals surface area contributed by atoms with Crippen LogP contribution in [-0.2, 0) is 4.79 Å². The minimum atomic E-state index is -0.378. The molecule has 0 fully saturated rings. The molecule has 0 saturated heterocycles. The number of benzene rings is 3. The lowest BCUT2D eigenvalue weighted by molar-refractivity contribution is -0.111. The van der Waals surface area contributed by atoms with Gasteiger partial charge in [0.1, 0.15) is 0 Å². The zero-order chi connectivity index (χ0) is 22.2. The van der Waals surface area contributed by atoms with Gasteiger partial charge in [-0.2, -0.15) is 0 Å². The molecule has 5 nitrogen and oxygen atoms in total. The molecule has 1 N–H and O–H groups in total. The number of ketones is 1. The van der Waals surface area contributed by atoms with Gasteiger partial charge in [-0.3, -0.25) is 9.59 Å². The minimum absolute atomic E-state index is 0.223. The van der Waals surface area contributed by atoms with Crippen molar-refractivity contribution in [3.05, 3.63) is 94.5 Å². The number of hydrogen-bond acceptors (Lipinski definition) is 4. The third kappa shape index (κ3) is 5.74. The van der Waals surface area contributed by atoms with Crippen molar-refractivity contribution < 1.29 is 19.1 Å². The van der Waals surface area contributed by atoms with E-state index in [1.165, 1.54) is 6.08 Å². The summed E-state index contributed by atoms with van der Waals surface area (Å²) in [4.78, 5) is 25.4. The van der Waals surface area contributed by atoms with Crippen LogP contribution in [0, 0.1) is 0 Å². The van der Waals surface area contributed by atoms with Gasteiger partial charge in [0.2, 0.25) is 5.91 Å². The van der Waals surface area contributed by atoms with E-state index in [1.54, 1.807) is 67.8 Å². The highest BCUT2D eigenvalue weighted by atomic mass is 35.5. The van der Waals surface area contributed by atoms with Crippen LogP contribution in [-0.4, -0.2) is 25.4 Å². The first-order valence-corrected chi connectivity index (χ1v) is 10.1. The van der Waals surface area contributed by atoms with E-state index in [0.29, 0.717) is 39.9 Å². The molecule has 0 radical (unpaired) electrons. The molecule has 0 unspecified atom stereocenters. The quantitative estimate of drug-likeness (QED) is 0.368. The number of rotatable bonds is 8. The smallest absolute Gasteiger partial charge is 0.248 e. The first-order valence-electron chi connectivity index (χ1n) is 9.71. The summed E-state index contributed by atoms with van der Waals surface area (Å²) < 4.78 is 10.8. The van der Waals surface area contributed by atoms with Crippen molar-refractivity contribution in [2.45, 2.75) is 6.92 Å². The molecule has 0 aliphatic heterocycles. The summed E-state index contributed by atoms with van der Waals surface area (Å²) in [5.74, 6) is 0.616. The monoisotopic (exact) mass is 435 g/mol. The van der Waals surface area contributed by atoms with Gasteiger partial charge in [-0.05, 0) is 48.9 Å². The Morgan fingerprint density at radius 3 is 2.48 bits per heavy atom. The van der Waals surface area contributed by atoms with Crippen LogP contribution in [0.1, 0.15) is 28.4 Å². The van der Waals surface area contributed by atoms with E-state index in [0.717, 1.165) is 5.56 Å². The van der Waals surface area contributed by atoms with Crippen LogP contribution in [0.4, 0.5) is 5.69 Å². The Morgan fingerprint density at radius 1 is 1.00 bits per heavy atom. The molecule has 0 bridgehead atoms. The third-order valence-corrected chi connectivity index (χ3v) is 4.67. The SMILES string of the molecule is CCOc1ccc(C=CC(=O)Nc2ccc(Cl)cc2C(=O)c2ccccc2)cc1OC. The highest BCUT2D eigenvalue weighted by Gasteiger charge is 2.15. The fourth-order valence-electron chi connectivity index (χ4n) is 2.97. The van der Waals surface area contributed by atoms with Crippen molar-refractivity contribution in [1.82, 2.24) is 0 Å². The van der Waals surface area contributed by atoms with Crippen molar-refractivity contribution in [2.24, 2.45) is 0 Å². The van der Waals surface area contributed by atoms with Crippen molar-refractivity contribution >= 4 is 35.1 Å². The largest absolute Gasteiger partial charge is 0.493 e. The van der Waals surface area contributed by atoms with E-state index in [1.807, 2.05) is 19.1 Å². The predicted molar refractivity (Wildman–Crippen MR) is 123 cm³/mol. The van der Waals surface area contributed by atoms with Crippen LogP contribution in [0.3, 0.4) is 0 Å². The molecule has 158 valence electrons. The molecule has 31 heavy (non-hydrogen) atoms. The van der Waals surface area contributed by atoms with Gasteiger partial charge >= 0.3 is 0 Å². The van der Waals surface area contributed by atoms with Crippen molar-refractivity contribution in [3.63, 3.8) is 0 Å². The molecular formula is C25H22ClNO4. The fourth-order valence-corrected chi connectivity index (χ4v) is 3.14. The van der Waals surface area contributed by atoms with Gasteiger partial charge in [-0.15, -0.1) is 0 Å². The van der Waals surface area contributed by atoms with Gasteiger partial charge in [-0.1, -0.05) is 48.0 Å². The number of carbonyl (C=O) groups is 2. The Balaban J connectivity index is 1.79. The van der Waals surface area contributed by atoms with E-state index < -0.39 is 0 Å². The number of carbonyl (C=O) groups excluding carboxylic acids is 2. The van der Waals surface area contributed by atoms with Gasteiger partial charge < -0.3 is 14.8 Å². The summed E-state index contributed by atoms with van der Waals surface area (Å²) in [7, 11) is 1.56. The van der Waals surface area contributed by atoms with Crippen LogP contribution in [0.15, 0.2) is 72.8 Å². The van der Waals surface area contributed by atoms with E-state index in [9.17, 15) is 9.59 Å². The highest BCUT2D eigenvalue weighted by Crippen LogP contribution is 2.28. The summed E-state index contributed by atoms with van der Waals surface area (Å²) in [6.45, 7) is 2.42. The molecule has 0 aromatic heterocycles. The Labute approximate surface area is 186 Å². The summed E-state index contributed by atoms with van der Waals surface area (Å²) in [5, 5.41) is 3.17. The number of nitrogens with one attached hydrogen (secondary N) is 1. The lowest BCUT2D eigenvalue weighted by Crippen LogP contribution is -2.12. The third-order valence-electron chi connectivity index (χ3n) is 4.43. The zero-order valence-corrected chi connectivity index (χ0v) is 18.0. The second-order valence-corrected chi connectivity index (χ2v) is 6.99. The number of amides is 1. The average Bonchev–Trinajstić information content (AvgIpc) is 2.79. The van der Waals surface area contributed by atoms with Crippen LogP contribution in [0.25, 0.3) is 6.08 Å². The molecule has 0 spiro atoms. The molecule has 3 aromatic carbocycles. The molecule has 0 aliphatic carbocycles. The maximum absolute atomic E-state index is 12.9. The molecule has 3 aromatic rings. The molecule has 0 heterocycles. The van der Waals surface area contributed by atoms with E-state index in [2.05, 4.69) is 5.32 Å². The van der Waals surface area contributed by atoms with Crippen molar-refractivity contribution in [3.8, 4) is 11.5 Å². The topological polar surface area (TPSA) is 64.6 Å². The summed E-state index contributed by atoms with van der Waals surface area (Å²) in [6, 6.07) is 19.0. The summed E-state index contributed by atoms with van der Waals surface area (Å²) in [5.41, 5.74) is 1.99. The lowest BCUT2D eigenvalue weighted by Gasteiger charge is -2.10. The van der Waals surface area contributed by atoms with Gasteiger partial charge in [-0.25, -0.2) is 0 Å². The maximum Gasteiger partial charge on any atom is 0.248 e. The van der Waals surface area contributed by atoms with E-state index in [4.69, 9.17) is 21.1 Å².